The van der Waals surface area contributed by atoms with Crippen molar-refractivity contribution < 1.29 is 14.6 Å². The van der Waals surface area contributed by atoms with Gasteiger partial charge in [0.2, 0.25) is 0 Å². The summed E-state index contributed by atoms with van der Waals surface area (Å²) in [5, 5.41) is 18.6. The zero-order chi connectivity index (χ0) is 19.4. The average molecular weight is 376 g/mol. The van der Waals surface area contributed by atoms with Crippen LogP contribution in [0.1, 0.15) is 68.9 Å². The number of carbonyl (C=O) groups is 1. The Bertz CT molecular complexity index is 705. The van der Waals surface area contributed by atoms with Crippen LogP contribution in [0.4, 0.5) is 0 Å². The molecule has 3 unspecified atom stereocenters. The first-order valence-electron chi connectivity index (χ1n) is 10.3. The molecule has 0 radical (unpaired) electrons. The number of aromatic nitrogens is 2. The molecule has 4 aliphatic carbocycles. The van der Waals surface area contributed by atoms with E-state index in [0.29, 0.717) is 36.3 Å². The van der Waals surface area contributed by atoms with E-state index in [1.807, 2.05) is 4.68 Å². The molecule has 150 valence electrons. The van der Waals surface area contributed by atoms with Gasteiger partial charge in [-0.2, -0.15) is 5.10 Å². The van der Waals surface area contributed by atoms with E-state index in [-0.39, 0.29) is 17.5 Å². The summed E-state index contributed by atoms with van der Waals surface area (Å²) in [4.78, 5) is 13.2. The van der Waals surface area contributed by atoms with Crippen molar-refractivity contribution >= 4 is 5.91 Å². The quantitative estimate of drug-likeness (QED) is 0.829. The molecule has 0 aromatic carbocycles. The molecule has 1 aromatic heterocycles. The van der Waals surface area contributed by atoms with E-state index in [0.717, 1.165) is 37.8 Å². The average Bonchev–Trinajstić information content (AvgIpc) is 2.98. The van der Waals surface area contributed by atoms with Crippen molar-refractivity contribution in [3.63, 3.8) is 0 Å². The Balaban J connectivity index is 1.54. The zero-order valence-corrected chi connectivity index (χ0v) is 17.0. The van der Waals surface area contributed by atoms with Gasteiger partial charge in [0.1, 0.15) is 0 Å². The number of ether oxygens (including phenoxy) is 1. The molecule has 1 heterocycles. The first-order chi connectivity index (χ1) is 12.7. The van der Waals surface area contributed by atoms with Crippen LogP contribution in [0.2, 0.25) is 0 Å². The summed E-state index contributed by atoms with van der Waals surface area (Å²) in [5.74, 6) is 1.43. The van der Waals surface area contributed by atoms with Gasteiger partial charge >= 0.3 is 0 Å². The Morgan fingerprint density at radius 1 is 1.33 bits per heavy atom. The summed E-state index contributed by atoms with van der Waals surface area (Å²) in [6, 6.07) is 0.183. The second kappa shape index (κ2) is 6.59. The minimum absolute atomic E-state index is 0.0268. The summed E-state index contributed by atoms with van der Waals surface area (Å²) >= 11 is 0. The number of nitrogens with zero attached hydrogens (tertiary/aromatic N) is 2. The molecule has 4 aliphatic rings. The van der Waals surface area contributed by atoms with Gasteiger partial charge in [0.25, 0.3) is 5.91 Å². The molecule has 6 nitrogen and oxygen atoms in total. The molecule has 4 bridgehead atoms. The Kier molecular flexibility index (Phi) is 4.62. The molecule has 5 rings (SSSR count). The van der Waals surface area contributed by atoms with Gasteiger partial charge in [-0.1, -0.05) is 0 Å². The minimum Gasteiger partial charge on any atom is -0.390 e. The van der Waals surface area contributed by atoms with Crippen molar-refractivity contribution in [3.05, 3.63) is 17.5 Å². The van der Waals surface area contributed by atoms with Gasteiger partial charge in [-0.15, -0.1) is 0 Å². The smallest absolute Gasteiger partial charge is 0.254 e. The largest absolute Gasteiger partial charge is 0.390 e. The first-order valence-corrected chi connectivity index (χ1v) is 10.3. The Hall–Kier alpha value is -1.40. The van der Waals surface area contributed by atoms with Crippen LogP contribution in [0.3, 0.4) is 0 Å². The summed E-state index contributed by atoms with van der Waals surface area (Å²) < 4.78 is 7.20. The fraction of sp³-hybridized carbons (Fsp3) is 0.810. The van der Waals surface area contributed by atoms with Crippen LogP contribution in [0.25, 0.3) is 0 Å². The summed E-state index contributed by atoms with van der Waals surface area (Å²) in [5.41, 5.74) is 0.935. The molecule has 4 saturated carbocycles. The van der Waals surface area contributed by atoms with Crippen LogP contribution in [-0.4, -0.2) is 46.2 Å². The standard InChI is InChI=1S/C21H33N3O3/c1-20(2,3)24-17(5-6-27-4)16(12-22-24)19(25)23-18-14-7-13-8-15(18)11-21(26,9-13)10-14/h12-15,18,26H,5-11H2,1-4H3,(H,23,25)/t13?,14-,15+,18?,21?. The van der Waals surface area contributed by atoms with Gasteiger partial charge < -0.3 is 15.2 Å². The second-order valence-corrected chi connectivity index (χ2v) is 10.0. The van der Waals surface area contributed by atoms with Crippen molar-refractivity contribution in [3.8, 4) is 0 Å². The number of methoxy groups -OCH3 is 1. The minimum atomic E-state index is -0.474. The Morgan fingerprint density at radius 2 is 2.00 bits per heavy atom. The van der Waals surface area contributed by atoms with E-state index in [1.54, 1.807) is 13.3 Å². The summed E-state index contributed by atoms with van der Waals surface area (Å²) in [7, 11) is 1.68. The molecule has 0 spiro atoms. The molecule has 2 N–H and O–H groups in total. The lowest BCUT2D eigenvalue weighted by Crippen LogP contribution is -2.61. The molecular weight excluding hydrogens is 342 g/mol. The first kappa shape index (κ1) is 18.9. The highest BCUT2D eigenvalue weighted by molar-refractivity contribution is 5.95. The number of hydrogen-bond donors (Lipinski definition) is 2. The lowest BCUT2D eigenvalue weighted by molar-refractivity contribution is -0.136. The Labute approximate surface area is 161 Å². The molecule has 0 saturated heterocycles. The van der Waals surface area contributed by atoms with Crippen LogP contribution in [-0.2, 0) is 16.7 Å². The van der Waals surface area contributed by atoms with Gasteiger partial charge in [-0.3, -0.25) is 9.48 Å². The molecule has 6 heteroatoms. The van der Waals surface area contributed by atoms with E-state index in [4.69, 9.17) is 4.74 Å². The number of aliphatic hydroxyl groups is 1. The van der Waals surface area contributed by atoms with Crippen molar-refractivity contribution in [1.29, 1.82) is 0 Å². The van der Waals surface area contributed by atoms with Gasteiger partial charge in [0, 0.05) is 19.6 Å². The maximum Gasteiger partial charge on any atom is 0.254 e. The molecule has 4 fully saturated rings. The third kappa shape index (κ3) is 3.42. The fourth-order valence-electron chi connectivity index (χ4n) is 6.03. The lowest BCUT2D eigenvalue weighted by atomic mass is 9.52. The van der Waals surface area contributed by atoms with Gasteiger partial charge in [0.15, 0.2) is 0 Å². The van der Waals surface area contributed by atoms with E-state index in [9.17, 15) is 9.90 Å². The number of amides is 1. The highest BCUT2D eigenvalue weighted by Gasteiger charge is 2.55. The van der Waals surface area contributed by atoms with Gasteiger partial charge in [-0.25, -0.2) is 0 Å². The predicted octanol–water partition coefficient (Wildman–Crippen LogP) is 2.50. The van der Waals surface area contributed by atoms with E-state index < -0.39 is 5.60 Å². The molecule has 1 amide bonds. The number of hydrogen-bond acceptors (Lipinski definition) is 4. The third-order valence-electron chi connectivity index (χ3n) is 6.83. The van der Waals surface area contributed by atoms with Crippen LogP contribution in [0.5, 0.6) is 0 Å². The topological polar surface area (TPSA) is 76.4 Å². The SMILES string of the molecule is COCCc1c(C(=O)NC2[C@@H]3CC4C[C@H]2CC(O)(C4)C3)cnn1C(C)(C)C. The van der Waals surface area contributed by atoms with Crippen LogP contribution in [0, 0.1) is 17.8 Å². The maximum atomic E-state index is 13.2. The normalized spacial score (nSPS) is 34.9. The van der Waals surface area contributed by atoms with Crippen molar-refractivity contribution in [2.45, 2.75) is 76.5 Å². The Morgan fingerprint density at radius 3 is 2.56 bits per heavy atom. The highest BCUT2D eigenvalue weighted by Crippen LogP contribution is 2.55. The van der Waals surface area contributed by atoms with Gasteiger partial charge in [-0.05, 0) is 70.6 Å². The lowest BCUT2D eigenvalue weighted by Gasteiger charge is -2.58. The third-order valence-corrected chi connectivity index (χ3v) is 6.83. The van der Waals surface area contributed by atoms with Crippen molar-refractivity contribution in [2.75, 3.05) is 13.7 Å². The maximum absolute atomic E-state index is 13.2. The van der Waals surface area contributed by atoms with Crippen molar-refractivity contribution in [2.24, 2.45) is 17.8 Å². The monoisotopic (exact) mass is 375 g/mol. The molecule has 5 atom stereocenters. The van der Waals surface area contributed by atoms with Crippen LogP contribution < -0.4 is 5.32 Å². The van der Waals surface area contributed by atoms with Gasteiger partial charge in [0.05, 0.1) is 35.2 Å². The predicted molar refractivity (Wildman–Crippen MR) is 103 cm³/mol. The van der Waals surface area contributed by atoms with Crippen LogP contribution in [0.15, 0.2) is 6.20 Å². The molecule has 1 aromatic rings. The molecule has 27 heavy (non-hydrogen) atoms. The summed E-state index contributed by atoms with van der Waals surface area (Å²) in [6.07, 6.45) is 7.28. The second-order valence-electron chi connectivity index (χ2n) is 10.0. The van der Waals surface area contributed by atoms with E-state index in [2.05, 4.69) is 31.2 Å². The molecule has 0 aliphatic heterocycles. The van der Waals surface area contributed by atoms with E-state index >= 15 is 0 Å². The zero-order valence-electron chi connectivity index (χ0n) is 17.0. The number of rotatable bonds is 5. The fourth-order valence-corrected chi connectivity index (χ4v) is 6.03. The van der Waals surface area contributed by atoms with Crippen molar-refractivity contribution in [1.82, 2.24) is 15.1 Å². The summed E-state index contributed by atoms with van der Waals surface area (Å²) in [6.45, 7) is 6.84. The number of carbonyl (C=O) groups excluding carboxylic acids is 1. The number of nitrogens with one attached hydrogen (secondary N) is 1. The van der Waals surface area contributed by atoms with E-state index in [1.165, 1.54) is 0 Å². The molecular formula is C21H33N3O3. The van der Waals surface area contributed by atoms with Crippen LogP contribution >= 0.6 is 0 Å². The highest BCUT2D eigenvalue weighted by atomic mass is 16.5.